The minimum Gasteiger partial charge on any atom is -0.477 e. The van der Waals surface area contributed by atoms with E-state index < -0.39 is 84.5 Å². The van der Waals surface area contributed by atoms with Gasteiger partial charge in [-0.05, 0) is 29.5 Å². The van der Waals surface area contributed by atoms with Crippen LogP contribution in [-0.2, 0) is 30.3 Å². The fourth-order valence-corrected chi connectivity index (χ4v) is 6.10. The van der Waals surface area contributed by atoms with E-state index in [1.807, 2.05) is 42.5 Å². The molecule has 2 amide bonds. The first-order chi connectivity index (χ1) is 25.9. The average Bonchev–Trinajstić information content (AvgIpc) is 3.17. The van der Waals surface area contributed by atoms with Crippen molar-refractivity contribution in [1.82, 2.24) is 10.6 Å². The second kappa shape index (κ2) is 19.8. The minimum absolute atomic E-state index is 0.0392. The Morgan fingerprint density at radius 2 is 1.57 bits per heavy atom. The van der Waals surface area contributed by atoms with Crippen molar-refractivity contribution >= 4 is 29.2 Å². The Morgan fingerprint density at radius 1 is 0.926 bits per heavy atom. The summed E-state index contributed by atoms with van der Waals surface area (Å²) < 4.78 is 11.4. The molecule has 290 valence electrons. The van der Waals surface area contributed by atoms with Gasteiger partial charge in [-0.3, -0.25) is 19.2 Å². The number of carboxylic acids is 1. The molecule has 0 bridgehead atoms. The van der Waals surface area contributed by atoms with Crippen molar-refractivity contribution in [3.63, 3.8) is 0 Å². The van der Waals surface area contributed by atoms with E-state index in [2.05, 4.69) is 27.2 Å². The smallest absolute Gasteiger partial charge is 0.364 e. The number of hydrogen-bond acceptors (Lipinski definition) is 13. The predicted octanol–water partition coefficient (Wildman–Crippen LogP) is -0.528. The lowest BCUT2D eigenvalue weighted by Gasteiger charge is -2.46. The highest BCUT2D eigenvalue weighted by molar-refractivity contribution is 5.79. The first kappa shape index (κ1) is 41.6. The third-order valence-electron chi connectivity index (χ3n) is 9.02. The molecule has 0 unspecified atom stereocenters. The Kier molecular flexibility index (Phi) is 15.2. The number of unbranched alkanes of at least 4 members (excludes halogenated alkanes) is 3. The summed E-state index contributed by atoms with van der Waals surface area (Å²) in [5.74, 6) is -3.21. The molecule has 1 heterocycles. The zero-order valence-electron chi connectivity index (χ0n) is 29.5. The Labute approximate surface area is 311 Å². The summed E-state index contributed by atoms with van der Waals surface area (Å²) in [7, 11) is 0. The first-order valence-corrected chi connectivity index (χ1v) is 17.6. The summed E-state index contributed by atoms with van der Waals surface area (Å²) in [4.78, 5) is 60.8. The normalized spacial score (nSPS) is 20.7. The van der Waals surface area contributed by atoms with Crippen LogP contribution in [0.5, 0.6) is 0 Å². The minimum atomic E-state index is -2.48. The second-order valence-corrected chi connectivity index (χ2v) is 12.9. The van der Waals surface area contributed by atoms with Crippen LogP contribution < -0.4 is 32.1 Å². The quantitative estimate of drug-likeness (QED) is 0.0377. The summed E-state index contributed by atoms with van der Waals surface area (Å²) in [6.07, 6.45) is -0.475. The Balaban J connectivity index is 1.30. The van der Waals surface area contributed by atoms with E-state index in [9.17, 15) is 49.5 Å². The van der Waals surface area contributed by atoms with Gasteiger partial charge in [0.25, 0.3) is 16.6 Å². The van der Waals surface area contributed by atoms with Gasteiger partial charge in [-0.25, -0.2) is 4.79 Å². The van der Waals surface area contributed by atoms with Gasteiger partial charge >= 0.3 is 5.97 Å². The molecule has 0 radical (unpaired) electrons. The maximum atomic E-state index is 12.7. The van der Waals surface area contributed by atoms with E-state index in [4.69, 9.17) is 15.9 Å². The topological polar surface area (TPSA) is 253 Å². The van der Waals surface area contributed by atoms with E-state index in [-0.39, 0.29) is 30.9 Å². The number of hydrogen-bond donors (Lipinski definition) is 9. The fraction of sp³-hybridized carbons (Fsp3) is 0.447. The molecule has 3 aromatic carbocycles. The molecule has 16 nitrogen and oxygen atoms in total. The van der Waals surface area contributed by atoms with E-state index in [0.29, 0.717) is 37.8 Å². The monoisotopic (exact) mass is 750 g/mol. The van der Waals surface area contributed by atoms with Gasteiger partial charge < -0.3 is 56.3 Å². The summed E-state index contributed by atoms with van der Waals surface area (Å²) >= 11 is 0. The molecule has 6 atom stereocenters. The Bertz CT molecular complexity index is 1820. The standard InChI is InChI=1S/C38H46N4O12/c1-2-16-39-31-32(35(50)34(31)49)40-17-8-3-4-9-18-53-38(37(51)52)20-26(44)30(42-29(47)22-43)36(54-38)33(48)27(45)21-41-28(46)19-23-12-14-25(15-13-23)24-10-6-5-7-11-24/h1,5-7,10-15,26-27,30,33,36,39-40,43-45,48H,3-4,8-9,16-22H2,(H,41,46)(H,42,47)(H,51,52)/t26-,27+,30+,33+,36+,38+/m0/s1. The van der Waals surface area contributed by atoms with Crippen LogP contribution in [0, 0.1) is 12.3 Å². The van der Waals surface area contributed by atoms with Gasteiger partial charge in [0.1, 0.15) is 30.2 Å². The number of carboxylic acid groups (broad SMARTS) is 1. The van der Waals surface area contributed by atoms with Gasteiger partial charge in [-0.2, -0.15) is 0 Å². The van der Waals surface area contributed by atoms with Crippen molar-refractivity contribution in [3.8, 4) is 23.5 Å². The molecule has 0 aliphatic carbocycles. The summed E-state index contributed by atoms with van der Waals surface area (Å²) in [5, 5.41) is 62.9. The van der Waals surface area contributed by atoms with Crippen LogP contribution in [-0.4, -0.2) is 112 Å². The number of aliphatic hydroxyl groups is 4. The molecule has 4 rings (SSSR count). The van der Waals surface area contributed by atoms with E-state index in [0.717, 1.165) is 11.1 Å². The van der Waals surface area contributed by atoms with Crippen molar-refractivity contribution in [3.05, 3.63) is 80.6 Å². The molecule has 54 heavy (non-hydrogen) atoms. The lowest BCUT2D eigenvalue weighted by atomic mass is 9.88. The van der Waals surface area contributed by atoms with Crippen molar-refractivity contribution in [2.24, 2.45) is 0 Å². The molecule has 1 aliphatic heterocycles. The number of rotatable bonds is 21. The molecule has 16 heteroatoms. The van der Waals surface area contributed by atoms with Gasteiger partial charge in [-0.1, -0.05) is 73.4 Å². The third kappa shape index (κ3) is 10.7. The molecule has 0 saturated carbocycles. The molecule has 1 fully saturated rings. The van der Waals surface area contributed by atoms with Crippen molar-refractivity contribution in [2.75, 3.05) is 43.5 Å². The number of carbonyl (C=O) groups is 3. The Hall–Kier alpha value is -5.15. The zero-order valence-corrected chi connectivity index (χ0v) is 29.5. The number of ether oxygens (including phenoxy) is 2. The molecule has 1 aliphatic rings. The van der Waals surface area contributed by atoms with Crippen molar-refractivity contribution in [1.29, 1.82) is 0 Å². The van der Waals surface area contributed by atoms with Gasteiger partial charge in [0, 0.05) is 19.5 Å². The average molecular weight is 751 g/mol. The summed E-state index contributed by atoms with van der Waals surface area (Å²) in [5.41, 5.74) is 1.74. The molecule has 1 saturated heterocycles. The lowest BCUT2D eigenvalue weighted by Crippen LogP contribution is -2.68. The number of nitrogens with one attached hydrogen (secondary N) is 4. The van der Waals surface area contributed by atoms with Crippen LogP contribution in [0.25, 0.3) is 11.1 Å². The Morgan fingerprint density at radius 3 is 2.22 bits per heavy atom. The van der Waals surface area contributed by atoms with E-state index in [1.54, 1.807) is 12.1 Å². The highest BCUT2D eigenvalue weighted by Gasteiger charge is 2.55. The second-order valence-electron chi connectivity index (χ2n) is 12.9. The number of aliphatic hydroxyl groups excluding tert-OH is 4. The number of benzene rings is 2. The maximum absolute atomic E-state index is 12.7. The predicted molar refractivity (Wildman–Crippen MR) is 197 cm³/mol. The number of carbonyl (C=O) groups excluding carboxylic acids is 2. The largest absolute Gasteiger partial charge is 0.477 e. The van der Waals surface area contributed by atoms with Gasteiger partial charge in [-0.15, -0.1) is 6.42 Å². The van der Waals surface area contributed by atoms with Crippen LogP contribution in [0.2, 0.25) is 0 Å². The van der Waals surface area contributed by atoms with Crippen LogP contribution in [0.4, 0.5) is 11.4 Å². The van der Waals surface area contributed by atoms with E-state index >= 15 is 0 Å². The molecule has 3 aromatic rings. The van der Waals surface area contributed by atoms with E-state index in [1.165, 1.54) is 0 Å². The van der Waals surface area contributed by atoms with Crippen LogP contribution in [0.1, 0.15) is 37.7 Å². The molecular weight excluding hydrogens is 704 g/mol. The van der Waals surface area contributed by atoms with Crippen molar-refractivity contribution < 1.29 is 49.4 Å². The molecule has 0 spiro atoms. The van der Waals surface area contributed by atoms with Crippen LogP contribution >= 0.6 is 0 Å². The number of amides is 2. The number of terminal acetylenes is 1. The summed E-state index contributed by atoms with van der Waals surface area (Å²) in [6.45, 7) is -1.13. The van der Waals surface area contributed by atoms with Crippen molar-refractivity contribution in [2.45, 2.75) is 74.8 Å². The highest BCUT2D eigenvalue weighted by atomic mass is 16.7. The summed E-state index contributed by atoms with van der Waals surface area (Å²) in [6, 6.07) is 15.5. The maximum Gasteiger partial charge on any atom is 0.364 e. The highest BCUT2D eigenvalue weighted by Crippen LogP contribution is 2.34. The van der Waals surface area contributed by atoms with Gasteiger partial charge in [0.05, 0.1) is 37.8 Å². The number of aliphatic carboxylic acids is 1. The fourth-order valence-electron chi connectivity index (χ4n) is 6.10. The third-order valence-corrected chi connectivity index (χ3v) is 9.02. The first-order valence-electron chi connectivity index (χ1n) is 17.6. The molecule has 9 N–H and O–H groups in total. The number of anilines is 2. The molecular formula is C38H46N4O12. The SMILES string of the molecule is C#CCNc1c(NCCCCCCO[C@]2(C(=O)O)C[C@H](O)[C@@H](NC(=O)CO)[C@H]([C@H](O)[C@H](O)CNC(=O)Cc3ccc(-c4ccccc4)cc3)O2)c(=O)c1=O. The molecule has 0 aromatic heterocycles. The van der Waals surface area contributed by atoms with Crippen LogP contribution in [0.15, 0.2) is 64.2 Å². The lowest BCUT2D eigenvalue weighted by molar-refractivity contribution is -0.310. The van der Waals surface area contributed by atoms with Crippen LogP contribution in [0.3, 0.4) is 0 Å². The van der Waals surface area contributed by atoms with Gasteiger partial charge in [0.2, 0.25) is 11.8 Å². The zero-order chi connectivity index (χ0) is 39.3. The van der Waals surface area contributed by atoms with Gasteiger partial charge in [0.15, 0.2) is 0 Å².